The Kier molecular flexibility index (Phi) is 3.77. The molecule has 1 amide bonds. The highest BCUT2D eigenvalue weighted by Gasteiger charge is 2.13. The van der Waals surface area contributed by atoms with E-state index in [2.05, 4.69) is 10.3 Å². The fourth-order valence-electron chi connectivity index (χ4n) is 1.99. The molecule has 0 spiro atoms. The quantitative estimate of drug-likeness (QED) is 0.779. The summed E-state index contributed by atoms with van der Waals surface area (Å²) in [5, 5.41) is 5.20. The molecule has 0 radical (unpaired) electrons. The molecule has 0 unspecified atom stereocenters. The van der Waals surface area contributed by atoms with E-state index in [1.807, 2.05) is 23.6 Å². The summed E-state index contributed by atoms with van der Waals surface area (Å²) in [5.41, 5.74) is 1.55. The number of nitrogens with one attached hydrogen (secondary N) is 2. The predicted molar refractivity (Wildman–Crippen MR) is 85.1 cm³/mol. The molecule has 2 heterocycles. The van der Waals surface area contributed by atoms with Gasteiger partial charge in [-0.25, -0.2) is 0 Å². The fraction of sp³-hybridized carbons (Fsp3) is 0.0667. The topological polar surface area (TPSA) is 62.0 Å². The summed E-state index contributed by atoms with van der Waals surface area (Å²) in [4.78, 5) is 27.3. The average Bonchev–Trinajstić information content (AvgIpc) is 2.96. The molecule has 3 rings (SSSR count). The number of hydrogen-bond donors (Lipinski definition) is 2. The number of carbonyl (C=O) groups excluding carboxylic acids is 1. The third kappa shape index (κ3) is 2.84. The number of amides is 1. The van der Waals surface area contributed by atoms with Crippen LogP contribution < -0.4 is 10.7 Å². The lowest BCUT2D eigenvalue weighted by atomic mass is 10.2. The second-order valence-corrected chi connectivity index (χ2v) is 5.86. The van der Waals surface area contributed by atoms with Crippen LogP contribution in [0, 0.1) is 0 Å². The number of rotatable bonds is 3. The van der Waals surface area contributed by atoms with E-state index < -0.39 is 0 Å². The summed E-state index contributed by atoms with van der Waals surface area (Å²) in [6.45, 7) is 0.345. The summed E-state index contributed by atoms with van der Waals surface area (Å²) in [6, 6.07) is 8.99. The zero-order valence-corrected chi connectivity index (χ0v) is 12.4. The first-order chi connectivity index (χ1) is 10.1. The van der Waals surface area contributed by atoms with Gasteiger partial charge in [-0.05, 0) is 29.1 Å². The number of benzene rings is 1. The van der Waals surface area contributed by atoms with Gasteiger partial charge in [0, 0.05) is 17.8 Å². The standard InChI is InChI=1S/C15H11ClN2O2S/c16-10-3-1-9(2-4-10)7-18-15(20)11-8-17-12-5-6-21-14(12)13(11)19/h1-6,8H,7H2,(H,17,19)(H,18,20). The minimum absolute atomic E-state index is 0.124. The van der Waals surface area contributed by atoms with Crippen LogP contribution >= 0.6 is 22.9 Å². The highest BCUT2D eigenvalue weighted by Crippen LogP contribution is 2.14. The van der Waals surface area contributed by atoms with Crippen LogP contribution in [0.2, 0.25) is 5.02 Å². The second-order valence-electron chi connectivity index (χ2n) is 4.50. The van der Waals surface area contributed by atoms with Crippen LogP contribution in [0.5, 0.6) is 0 Å². The first kappa shape index (κ1) is 13.9. The molecule has 0 bridgehead atoms. The number of thiophene rings is 1. The molecule has 2 aromatic heterocycles. The molecule has 0 aliphatic heterocycles. The molecule has 0 aliphatic carbocycles. The monoisotopic (exact) mass is 318 g/mol. The van der Waals surface area contributed by atoms with Crippen LogP contribution in [0.15, 0.2) is 46.7 Å². The zero-order chi connectivity index (χ0) is 14.8. The molecule has 21 heavy (non-hydrogen) atoms. The van der Waals surface area contributed by atoms with E-state index in [1.165, 1.54) is 17.5 Å². The fourth-order valence-corrected chi connectivity index (χ4v) is 2.92. The maximum absolute atomic E-state index is 12.2. The molecule has 3 aromatic rings. The Hall–Kier alpha value is -2.11. The molecule has 0 aliphatic rings. The van der Waals surface area contributed by atoms with E-state index in [0.29, 0.717) is 16.3 Å². The Morgan fingerprint density at radius 3 is 2.76 bits per heavy atom. The van der Waals surface area contributed by atoms with Gasteiger partial charge < -0.3 is 10.3 Å². The first-order valence-corrected chi connectivity index (χ1v) is 7.52. The Labute approximate surface area is 129 Å². The normalized spacial score (nSPS) is 10.7. The Morgan fingerprint density at radius 1 is 1.24 bits per heavy atom. The van der Waals surface area contributed by atoms with Crippen molar-refractivity contribution in [2.45, 2.75) is 6.54 Å². The van der Waals surface area contributed by atoms with E-state index in [4.69, 9.17) is 11.6 Å². The number of halogens is 1. The van der Waals surface area contributed by atoms with Crippen LogP contribution in [0.25, 0.3) is 10.2 Å². The van der Waals surface area contributed by atoms with Crippen molar-refractivity contribution in [1.82, 2.24) is 10.3 Å². The number of aromatic amines is 1. The van der Waals surface area contributed by atoms with Crippen molar-refractivity contribution in [1.29, 1.82) is 0 Å². The molecule has 2 N–H and O–H groups in total. The van der Waals surface area contributed by atoms with Gasteiger partial charge in [0.05, 0.1) is 10.2 Å². The van der Waals surface area contributed by atoms with Crippen molar-refractivity contribution in [2.24, 2.45) is 0 Å². The van der Waals surface area contributed by atoms with E-state index in [-0.39, 0.29) is 16.9 Å². The second kappa shape index (κ2) is 5.71. The smallest absolute Gasteiger partial charge is 0.257 e. The van der Waals surface area contributed by atoms with Crippen molar-refractivity contribution < 1.29 is 4.79 Å². The maximum atomic E-state index is 12.2. The van der Waals surface area contributed by atoms with Gasteiger partial charge in [-0.3, -0.25) is 9.59 Å². The summed E-state index contributed by atoms with van der Waals surface area (Å²) in [6.07, 6.45) is 1.45. The number of fused-ring (bicyclic) bond motifs is 1. The summed E-state index contributed by atoms with van der Waals surface area (Å²) in [7, 11) is 0. The minimum Gasteiger partial charge on any atom is -0.359 e. The van der Waals surface area contributed by atoms with E-state index in [0.717, 1.165) is 11.1 Å². The van der Waals surface area contributed by atoms with Gasteiger partial charge in [0.2, 0.25) is 5.43 Å². The number of carbonyl (C=O) groups is 1. The molecular weight excluding hydrogens is 308 g/mol. The van der Waals surface area contributed by atoms with Crippen molar-refractivity contribution in [3.8, 4) is 0 Å². The molecule has 0 atom stereocenters. The van der Waals surface area contributed by atoms with Crippen LogP contribution in [0.1, 0.15) is 15.9 Å². The Morgan fingerprint density at radius 2 is 2.00 bits per heavy atom. The zero-order valence-electron chi connectivity index (χ0n) is 10.9. The number of aromatic nitrogens is 1. The lowest BCUT2D eigenvalue weighted by Crippen LogP contribution is -2.28. The first-order valence-electron chi connectivity index (χ1n) is 6.26. The Balaban J connectivity index is 1.79. The third-order valence-corrected chi connectivity index (χ3v) is 4.26. The Bertz CT molecular complexity index is 852. The molecule has 0 fully saturated rings. The average molecular weight is 319 g/mol. The summed E-state index contributed by atoms with van der Waals surface area (Å²) < 4.78 is 0.564. The third-order valence-electron chi connectivity index (χ3n) is 3.10. The van der Waals surface area contributed by atoms with Crippen molar-refractivity contribution in [3.63, 3.8) is 0 Å². The molecule has 106 valence electrons. The predicted octanol–water partition coefficient (Wildman–Crippen LogP) is 3.17. The SMILES string of the molecule is O=C(NCc1ccc(Cl)cc1)c1c[nH]c2ccsc2c1=O. The molecule has 0 saturated carbocycles. The summed E-state index contributed by atoms with van der Waals surface area (Å²) in [5.74, 6) is -0.387. The van der Waals surface area contributed by atoms with Gasteiger partial charge in [-0.1, -0.05) is 23.7 Å². The van der Waals surface area contributed by atoms with Crippen LogP contribution in [-0.4, -0.2) is 10.9 Å². The van der Waals surface area contributed by atoms with Gasteiger partial charge in [0.15, 0.2) is 0 Å². The van der Waals surface area contributed by atoms with Gasteiger partial charge in [-0.15, -0.1) is 11.3 Å². The van der Waals surface area contributed by atoms with Gasteiger partial charge in [0.1, 0.15) is 5.56 Å². The lowest BCUT2D eigenvalue weighted by Gasteiger charge is -2.05. The lowest BCUT2D eigenvalue weighted by molar-refractivity contribution is 0.0949. The van der Waals surface area contributed by atoms with Gasteiger partial charge in [-0.2, -0.15) is 0 Å². The van der Waals surface area contributed by atoms with E-state index in [9.17, 15) is 9.59 Å². The largest absolute Gasteiger partial charge is 0.359 e. The number of pyridine rings is 1. The molecule has 1 aromatic carbocycles. The van der Waals surface area contributed by atoms with Crippen molar-refractivity contribution in [3.05, 3.63) is 68.3 Å². The molecule has 0 saturated heterocycles. The molecular formula is C15H11ClN2O2S. The number of hydrogen-bond acceptors (Lipinski definition) is 3. The van der Waals surface area contributed by atoms with Gasteiger partial charge >= 0.3 is 0 Å². The van der Waals surface area contributed by atoms with Crippen molar-refractivity contribution >= 4 is 39.1 Å². The maximum Gasteiger partial charge on any atom is 0.257 e. The van der Waals surface area contributed by atoms with Gasteiger partial charge in [0.25, 0.3) is 5.91 Å². The highest BCUT2D eigenvalue weighted by atomic mass is 35.5. The molecule has 4 nitrogen and oxygen atoms in total. The highest BCUT2D eigenvalue weighted by molar-refractivity contribution is 7.17. The van der Waals surface area contributed by atoms with Crippen LogP contribution in [0.4, 0.5) is 0 Å². The van der Waals surface area contributed by atoms with Crippen LogP contribution in [-0.2, 0) is 6.54 Å². The van der Waals surface area contributed by atoms with E-state index in [1.54, 1.807) is 12.1 Å². The minimum atomic E-state index is -0.387. The van der Waals surface area contributed by atoms with Crippen LogP contribution in [0.3, 0.4) is 0 Å². The molecule has 6 heteroatoms. The van der Waals surface area contributed by atoms with Crippen molar-refractivity contribution in [2.75, 3.05) is 0 Å². The number of H-pyrrole nitrogens is 1. The summed E-state index contributed by atoms with van der Waals surface area (Å²) >= 11 is 7.13. The van der Waals surface area contributed by atoms with E-state index >= 15 is 0 Å².